The number of halogens is 1. The van der Waals surface area contributed by atoms with Crippen molar-refractivity contribution in [2.24, 2.45) is 0 Å². The maximum Gasteiger partial charge on any atom is 0.161 e. The van der Waals surface area contributed by atoms with Crippen molar-refractivity contribution < 1.29 is 18.6 Å². The van der Waals surface area contributed by atoms with Crippen LogP contribution in [0.3, 0.4) is 0 Å². The van der Waals surface area contributed by atoms with Crippen molar-refractivity contribution in [2.45, 2.75) is 6.92 Å². The van der Waals surface area contributed by atoms with E-state index in [0.717, 1.165) is 0 Å². The summed E-state index contributed by atoms with van der Waals surface area (Å²) in [4.78, 5) is 0. The van der Waals surface area contributed by atoms with Crippen LogP contribution in [0.5, 0.6) is 17.2 Å². The Morgan fingerprint density at radius 3 is 2.29 bits per heavy atom. The summed E-state index contributed by atoms with van der Waals surface area (Å²) in [5, 5.41) is 0. The zero-order valence-corrected chi connectivity index (χ0v) is 11.8. The lowest BCUT2D eigenvalue weighted by Crippen LogP contribution is -2.10. The summed E-state index contributed by atoms with van der Waals surface area (Å²) >= 11 is 0. The van der Waals surface area contributed by atoms with Gasteiger partial charge in [-0.1, -0.05) is 12.1 Å². The molecule has 0 unspecified atom stereocenters. The smallest absolute Gasteiger partial charge is 0.161 e. The summed E-state index contributed by atoms with van der Waals surface area (Å²) in [5.74, 6) is 1.28. The standard InChI is InChI=1S/C16H18FNO3/c1-2-19-15-5-3-4-6-16(15)21-10-9-20-12-7-8-14(18)13(17)11-12/h3-8,11H,2,9-10,18H2,1H3. The number of rotatable bonds is 7. The fourth-order valence-corrected chi connectivity index (χ4v) is 1.75. The van der Waals surface area contributed by atoms with Crippen molar-refractivity contribution in [3.63, 3.8) is 0 Å². The van der Waals surface area contributed by atoms with Gasteiger partial charge >= 0.3 is 0 Å². The first-order valence-electron chi connectivity index (χ1n) is 6.73. The average molecular weight is 291 g/mol. The minimum Gasteiger partial charge on any atom is -0.490 e. The van der Waals surface area contributed by atoms with Crippen LogP contribution in [0.25, 0.3) is 0 Å². The molecule has 4 nitrogen and oxygen atoms in total. The molecule has 0 bridgehead atoms. The number of benzene rings is 2. The molecule has 2 aromatic carbocycles. The molecule has 0 saturated carbocycles. The van der Waals surface area contributed by atoms with E-state index in [1.807, 2.05) is 31.2 Å². The molecule has 2 aromatic rings. The molecule has 2 rings (SSSR count). The van der Waals surface area contributed by atoms with E-state index in [2.05, 4.69) is 0 Å². The highest BCUT2D eigenvalue weighted by Crippen LogP contribution is 2.26. The van der Waals surface area contributed by atoms with Crippen molar-refractivity contribution in [2.75, 3.05) is 25.6 Å². The fraction of sp³-hybridized carbons (Fsp3) is 0.250. The highest BCUT2D eigenvalue weighted by Gasteiger charge is 2.04. The topological polar surface area (TPSA) is 53.7 Å². The van der Waals surface area contributed by atoms with Crippen molar-refractivity contribution in [1.29, 1.82) is 0 Å². The van der Waals surface area contributed by atoms with Gasteiger partial charge in [-0.05, 0) is 31.2 Å². The molecule has 5 heteroatoms. The molecular weight excluding hydrogens is 273 g/mol. The molecule has 112 valence electrons. The van der Waals surface area contributed by atoms with E-state index in [9.17, 15) is 4.39 Å². The zero-order chi connectivity index (χ0) is 15.1. The van der Waals surface area contributed by atoms with Crippen molar-refractivity contribution in [1.82, 2.24) is 0 Å². The second-order valence-electron chi connectivity index (χ2n) is 4.26. The Balaban J connectivity index is 1.83. The van der Waals surface area contributed by atoms with Gasteiger partial charge in [-0.3, -0.25) is 0 Å². The van der Waals surface area contributed by atoms with Crippen LogP contribution in [0, 0.1) is 5.82 Å². The Morgan fingerprint density at radius 2 is 1.62 bits per heavy atom. The molecule has 2 N–H and O–H groups in total. The summed E-state index contributed by atoms with van der Waals surface area (Å²) in [6, 6.07) is 11.8. The maximum absolute atomic E-state index is 13.2. The van der Waals surface area contributed by atoms with Crippen LogP contribution in [-0.2, 0) is 0 Å². The van der Waals surface area contributed by atoms with Crippen LogP contribution in [0.4, 0.5) is 10.1 Å². The summed E-state index contributed by atoms with van der Waals surface area (Å²) in [6.07, 6.45) is 0. The third kappa shape index (κ3) is 4.27. The molecule has 0 aliphatic rings. The lowest BCUT2D eigenvalue weighted by molar-refractivity contribution is 0.208. The Kier molecular flexibility index (Phi) is 5.26. The van der Waals surface area contributed by atoms with Crippen molar-refractivity contribution >= 4 is 5.69 Å². The molecule has 21 heavy (non-hydrogen) atoms. The lowest BCUT2D eigenvalue weighted by atomic mass is 10.3. The van der Waals surface area contributed by atoms with Crippen LogP contribution in [0.1, 0.15) is 6.92 Å². The van der Waals surface area contributed by atoms with E-state index in [4.69, 9.17) is 19.9 Å². The monoisotopic (exact) mass is 291 g/mol. The molecule has 0 atom stereocenters. The van der Waals surface area contributed by atoms with Gasteiger partial charge in [0.2, 0.25) is 0 Å². The Labute approximate surface area is 123 Å². The number of nitrogens with two attached hydrogens (primary N) is 1. The van der Waals surface area contributed by atoms with Crippen molar-refractivity contribution in [3.8, 4) is 17.2 Å². The number of ether oxygens (including phenoxy) is 3. The third-order valence-electron chi connectivity index (χ3n) is 2.73. The summed E-state index contributed by atoms with van der Waals surface area (Å²) in [6.45, 7) is 3.11. The molecule has 0 aliphatic heterocycles. The maximum atomic E-state index is 13.2. The van der Waals surface area contributed by atoms with Crippen LogP contribution in [0.2, 0.25) is 0 Å². The van der Waals surface area contributed by atoms with Gasteiger partial charge < -0.3 is 19.9 Å². The molecule has 0 aromatic heterocycles. The molecule has 0 spiro atoms. The summed E-state index contributed by atoms with van der Waals surface area (Å²) in [5.41, 5.74) is 5.50. The van der Waals surface area contributed by atoms with Crippen LogP contribution >= 0.6 is 0 Å². The van der Waals surface area contributed by atoms with Gasteiger partial charge in [0.15, 0.2) is 11.5 Å². The van der Waals surface area contributed by atoms with Gasteiger partial charge in [0.05, 0.1) is 12.3 Å². The third-order valence-corrected chi connectivity index (χ3v) is 2.73. The zero-order valence-electron chi connectivity index (χ0n) is 11.8. The van der Waals surface area contributed by atoms with E-state index in [1.165, 1.54) is 12.1 Å². The SMILES string of the molecule is CCOc1ccccc1OCCOc1ccc(N)c(F)c1. The summed E-state index contributed by atoms with van der Waals surface area (Å²) in [7, 11) is 0. The largest absolute Gasteiger partial charge is 0.490 e. The first kappa shape index (κ1) is 15.0. The minimum atomic E-state index is -0.491. The molecule has 0 saturated heterocycles. The minimum absolute atomic E-state index is 0.101. The fourth-order valence-electron chi connectivity index (χ4n) is 1.75. The first-order chi connectivity index (χ1) is 10.2. The number of nitrogen functional groups attached to an aromatic ring is 1. The number of hydrogen-bond donors (Lipinski definition) is 1. The second kappa shape index (κ2) is 7.38. The number of anilines is 1. The van der Waals surface area contributed by atoms with Crippen LogP contribution in [-0.4, -0.2) is 19.8 Å². The van der Waals surface area contributed by atoms with E-state index >= 15 is 0 Å². The molecule has 0 amide bonds. The highest BCUT2D eigenvalue weighted by atomic mass is 19.1. The van der Waals surface area contributed by atoms with Gasteiger partial charge in [0.25, 0.3) is 0 Å². The predicted molar refractivity (Wildman–Crippen MR) is 79.4 cm³/mol. The number of hydrogen-bond acceptors (Lipinski definition) is 4. The molecule has 0 aliphatic carbocycles. The first-order valence-corrected chi connectivity index (χ1v) is 6.73. The Bertz CT molecular complexity index is 589. The van der Waals surface area contributed by atoms with E-state index < -0.39 is 5.82 Å². The molecule has 0 fully saturated rings. The summed E-state index contributed by atoms with van der Waals surface area (Å²) < 4.78 is 29.7. The lowest BCUT2D eigenvalue weighted by Gasteiger charge is -2.12. The second-order valence-corrected chi connectivity index (χ2v) is 4.26. The van der Waals surface area contributed by atoms with Crippen LogP contribution in [0.15, 0.2) is 42.5 Å². The molecule has 0 heterocycles. The van der Waals surface area contributed by atoms with Crippen LogP contribution < -0.4 is 19.9 Å². The average Bonchev–Trinajstić information content (AvgIpc) is 2.49. The van der Waals surface area contributed by atoms with Gasteiger partial charge in [-0.2, -0.15) is 0 Å². The Morgan fingerprint density at radius 1 is 0.952 bits per heavy atom. The van der Waals surface area contributed by atoms with Crippen molar-refractivity contribution in [3.05, 3.63) is 48.3 Å². The Hall–Kier alpha value is -2.43. The quantitative estimate of drug-likeness (QED) is 0.628. The molecular formula is C16H18FNO3. The van der Waals surface area contributed by atoms with E-state index in [1.54, 1.807) is 6.07 Å². The van der Waals surface area contributed by atoms with E-state index in [0.29, 0.717) is 37.1 Å². The number of para-hydroxylation sites is 2. The van der Waals surface area contributed by atoms with Gasteiger partial charge in [-0.15, -0.1) is 0 Å². The predicted octanol–water partition coefficient (Wildman–Crippen LogP) is 3.26. The van der Waals surface area contributed by atoms with E-state index in [-0.39, 0.29) is 5.69 Å². The van der Waals surface area contributed by atoms with Gasteiger partial charge in [-0.25, -0.2) is 4.39 Å². The van der Waals surface area contributed by atoms with Gasteiger partial charge in [0.1, 0.15) is 24.8 Å². The molecule has 0 radical (unpaired) electrons. The highest BCUT2D eigenvalue weighted by molar-refractivity contribution is 5.43. The van der Waals surface area contributed by atoms with Gasteiger partial charge in [0, 0.05) is 6.07 Å². The normalized spacial score (nSPS) is 10.2.